The third-order valence-corrected chi connectivity index (χ3v) is 4.78. The Morgan fingerprint density at radius 3 is 2.43 bits per heavy atom. The molecule has 0 unspecified atom stereocenters. The first kappa shape index (κ1) is 23.1. The lowest BCUT2D eigenvalue weighted by atomic mass is 10.2. The van der Waals surface area contributed by atoms with E-state index in [1.165, 1.54) is 0 Å². The molecule has 0 atom stereocenters. The summed E-state index contributed by atoms with van der Waals surface area (Å²) in [6.07, 6.45) is 0. The molecule has 174 valence electrons. The van der Waals surface area contributed by atoms with E-state index in [4.69, 9.17) is 19.2 Å². The summed E-state index contributed by atoms with van der Waals surface area (Å²) < 4.78 is 16.7. The van der Waals surface area contributed by atoms with Crippen LogP contribution in [0, 0.1) is 11.3 Å². The Labute approximate surface area is 201 Å². The number of rotatable bonds is 9. The van der Waals surface area contributed by atoms with Crippen LogP contribution in [0.2, 0.25) is 0 Å². The molecule has 0 bridgehead atoms. The van der Waals surface area contributed by atoms with Crippen molar-refractivity contribution in [1.29, 1.82) is 5.26 Å². The minimum atomic E-state index is -0.451. The maximum absolute atomic E-state index is 12.6. The third-order valence-electron chi connectivity index (χ3n) is 4.78. The monoisotopic (exact) mass is 467 g/mol. The van der Waals surface area contributed by atoms with Crippen molar-refractivity contribution in [3.05, 3.63) is 108 Å². The molecule has 8 heteroatoms. The Hall–Kier alpha value is -5.03. The van der Waals surface area contributed by atoms with Gasteiger partial charge in [0.15, 0.2) is 12.4 Å². The van der Waals surface area contributed by atoms with E-state index in [2.05, 4.69) is 16.7 Å². The third kappa shape index (κ3) is 6.49. The number of furan rings is 1. The number of ether oxygens (including phenoxy) is 2. The van der Waals surface area contributed by atoms with E-state index < -0.39 is 5.91 Å². The van der Waals surface area contributed by atoms with Gasteiger partial charge in [-0.25, -0.2) is 0 Å². The van der Waals surface area contributed by atoms with Crippen LogP contribution < -0.4 is 20.1 Å². The zero-order valence-electron chi connectivity index (χ0n) is 18.6. The van der Waals surface area contributed by atoms with Crippen LogP contribution in [0.1, 0.15) is 21.9 Å². The second kappa shape index (κ2) is 11.2. The van der Waals surface area contributed by atoms with Crippen molar-refractivity contribution in [2.24, 2.45) is 0 Å². The summed E-state index contributed by atoms with van der Waals surface area (Å²) in [6.45, 7) is -0.108. The van der Waals surface area contributed by atoms with Gasteiger partial charge in [-0.1, -0.05) is 36.4 Å². The Bertz CT molecular complexity index is 1360. The molecule has 0 spiro atoms. The normalized spacial score (nSPS) is 10.1. The SMILES string of the molecule is N#Cc1ccccc1OCc1ccc(C(=O)Nc2cccc(OCC(=O)Nc3ccccc3)c2)o1. The van der Waals surface area contributed by atoms with Gasteiger partial charge in [0.25, 0.3) is 11.8 Å². The quantitative estimate of drug-likeness (QED) is 0.358. The molecule has 1 aromatic heterocycles. The van der Waals surface area contributed by atoms with Gasteiger partial charge in [-0.2, -0.15) is 5.26 Å². The molecular formula is C27H21N3O5. The predicted molar refractivity (Wildman–Crippen MR) is 129 cm³/mol. The van der Waals surface area contributed by atoms with E-state index in [1.54, 1.807) is 72.8 Å². The highest BCUT2D eigenvalue weighted by Crippen LogP contribution is 2.21. The van der Waals surface area contributed by atoms with Crippen LogP contribution in [0.4, 0.5) is 11.4 Å². The number of nitrogens with zero attached hydrogens (tertiary/aromatic N) is 1. The summed E-state index contributed by atoms with van der Waals surface area (Å²) in [5.41, 5.74) is 1.57. The summed E-state index contributed by atoms with van der Waals surface area (Å²) >= 11 is 0. The van der Waals surface area contributed by atoms with Crippen molar-refractivity contribution in [3.8, 4) is 17.6 Å². The highest BCUT2D eigenvalue weighted by Gasteiger charge is 2.13. The molecule has 8 nitrogen and oxygen atoms in total. The molecule has 0 aliphatic carbocycles. The Morgan fingerprint density at radius 1 is 0.829 bits per heavy atom. The van der Waals surface area contributed by atoms with Crippen LogP contribution in [-0.4, -0.2) is 18.4 Å². The maximum Gasteiger partial charge on any atom is 0.291 e. The van der Waals surface area contributed by atoms with Crippen LogP contribution in [0.5, 0.6) is 11.5 Å². The molecule has 2 amide bonds. The Morgan fingerprint density at radius 2 is 1.60 bits per heavy atom. The molecule has 3 aromatic carbocycles. The molecule has 4 rings (SSSR count). The molecule has 0 radical (unpaired) electrons. The molecule has 2 N–H and O–H groups in total. The van der Waals surface area contributed by atoms with Crippen LogP contribution >= 0.6 is 0 Å². The van der Waals surface area contributed by atoms with Crippen molar-refractivity contribution >= 4 is 23.2 Å². The molecule has 0 saturated heterocycles. The zero-order chi connectivity index (χ0) is 24.5. The van der Waals surface area contributed by atoms with Crippen LogP contribution in [0.25, 0.3) is 0 Å². The number of nitriles is 1. The average Bonchev–Trinajstić information content (AvgIpc) is 3.37. The molecule has 35 heavy (non-hydrogen) atoms. The number of carbonyl (C=O) groups is 2. The lowest BCUT2D eigenvalue weighted by Gasteiger charge is -2.09. The van der Waals surface area contributed by atoms with Crippen molar-refractivity contribution < 1.29 is 23.5 Å². The van der Waals surface area contributed by atoms with Crippen molar-refractivity contribution in [2.45, 2.75) is 6.61 Å². The highest BCUT2D eigenvalue weighted by atomic mass is 16.5. The molecule has 1 heterocycles. The minimum Gasteiger partial charge on any atom is -0.484 e. The van der Waals surface area contributed by atoms with Crippen molar-refractivity contribution in [2.75, 3.05) is 17.2 Å². The van der Waals surface area contributed by atoms with Crippen molar-refractivity contribution in [3.63, 3.8) is 0 Å². The average molecular weight is 467 g/mol. The minimum absolute atomic E-state index is 0.0698. The number of amides is 2. The maximum atomic E-state index is 12.6. The summed E-state index contributed by atoms with van der Waals surface area (Å²) in [5.74, 6) is 0.651. The highest BCUT2D eigenvalue weighted by molar-refractivity contribution is 6.02. The van der Waals surface area contributed by atoms with E-state index in [1.807, 2.05) is 18.2 Å². The first-order chi connectivity index (χ1) is 17.1. The molecule has 0 saturated carbocycles. The van der Waals surface area contributed by atoms with Crippen molar-refractivity contribution in [1.82, 2.24) is 0 Å². The van der Waals surface area contributed by atoms with Gasteiger partial charge in [0.2, 0.25) is 0 Å². The fraction of sp³-hybridized carbons (Fsp3) is 0.0741. The molecular weight excluding hydrogens is 446 g/mol. The van der Waals surface area contributed by atoms with Gasteiger partial charge in [0, 0.05) is 17.4 Å². The lowest BCUT2D eigenvalue weighted by Crippen LogP contribution is -2.20. The number of hydrogen-bond acceptors (Lipinski definition) is 6. The van der Waals surface area contributed by atoms with Gasteiger partial charge in [-0.05, 0) is 48.5 Å². The number of anilines is 2. The van der Waals surface area contributed by atoms with E-state index in [-0.39, 0.29) is 24.9 Å². The fourth-order valence-electron chi connectivity index (χ4n) is 3.14. The van der Waals surface area contributed by atoms with Gasteiger partial charge in [-0.3, -0.25) is 9.59 Å². The van der Waals surface area contributed by atoms with E-state index in [9.17, 15) is 9.59 Å². The first-order valence-electron chi connectivity index (χ1n) is 10.7. The first-order valence-corrected chi connectivity index (χ1v) is 10.7. The van der Waals surface area contributed by atoms with E-state index >= 15 is 0 Å². The second-order valence-corrected chi connectivity index (χ2v) is 7.35. The number of para-hydroxylation sites is 2. The molecule has 0 fully saturated rings. The summed E-state index contributed by atoms with van der Waals surface area (Å²) in [4.78, 5) is 24.7. The number of nitrogens with one attached hydrogen (secondary N) is 2. The standard InChI is InChI=1S/C27H21N3O5/c28-16-19-7-4-5-12-24(19)34-17-23-13-14-25(35-23)27(32)30-21-10-6-11-22(15-21)33-18-26(31)29-20-8-2-1-3-9-20/h1-15H,17-18H2,(H,29,31)(H,30,32). The van der Waals surface area contributed by atoms with Crippen LogP contribution in [0.15, 0.2) is 95.4 Å². The summed E-state index contributed by atoms with van der Waals surface area (Å²) in [7, 11) is 0. The number of benzene rings is 3. The smallest absolute Gasteiger partial charge is 0.291 e. The summed E-state index contributed by atoms with van der Waals surface area (Å²) in [5, 5.41) is 14.6. The number of hydrogen-bond donors (Lipinski definition) is 2. The van der Waals surface area contributed by atoms with Crippen LogP contribution in [-0.2, 0) is 11.4 Å². The van der Waals surface area contributed by atoms with E-state index in [0.29, 0.717) is 34.2 Å². The molecule has 0 aliphatic heterocycles. The van der Waals surface area contributed by atoms with Crippen LogP contribution in [0.3, 0.4) is 0 Å². The van der Waals surface area contributed by atoms with Gasteiger partial charge in [0.05, 0.1) is 5.56 Å². The molecule has 4 aromatic rings. The zero-order valence-corrected chi connectivity index (χ0v) is 18.6. The van der Waals surface area contributed by atoms with Gasteiger partial charge < -0.3 is 24.5 Å². The largest absolute Gasteiger partial charge is 0.484 e. The topological polar surface area (TPSA) is 114 Å². The Kier molecular flexibility index (Phi) is 7.41. The lowest BCUT2D eigenvalue weighted by molar-refractivity contribution is -0.118. The van der Waals surface area contributed by atoms with Gasteiger partial charge in [0.1, 0.15) is 29.9 Å². The van der Waals surface area contributed by atoms with E-state index in [0.717, 1.165) is 0 Å². The number of carbonyl (C=O) groups excluding carboxylic acids is 2. The fourth-order valence-corrected chi connectivity index (χ4v) is 3.14. The molecule has 0 aliphatic rings. The van der Waals surface area contributed by atoms with Gasteiger partial charge in [-0.15, -0.1) is 0 Å². The Balaban J connectivity index is 1.30. The van der Waals surface area contributed by atoms with Gasteiger partial charge >= 0.3 is 0 Å². The summed E-state index contributed by atoms with van der Waals surface area (Å²) in [6, 6.07) is 27.9. The second-order valence-electron chi connectivity index (χ2n) is 7.35. The predicted octanol–water partition coefficient (Wildman–Crippen LogP) is 5.00.